The smallest absolute Gasteiger partial charge is 0.411 e. The van der Waals surface area contributed by atoms with E-state index in [-0.39, 0.29) is 0 Å². The van der Waals surface area contributed by atoms with Gasteiger partial charge in [0.2, 0.25) is 0 Å². The van der Waals surface area contributed by atoms with E-state index < -0.39 is 17.7 Å². The van der Waals surface area contributed by atoms with E-state index in [2.05, 4.69) is 5.32 Å². The van der Waals surface area contributed by atoms with Gasteiger partial charge >= 0.3 is 12.1 Å². The molecule has 0 heterocycles. The van der Waals surface area contributed by atoms with E-state index in [9.17, 15) is 9.59 Å². The Labute approximate surface area is 76.4 Å². The standard InChI is InChI=1S/C8H13NO4/c1-8(2,3)13-7(12)9-5-4-6(10)11/h4-5H,1-3H3,(H,9,12)(H,10,11)/b5-4+. The van der Waals surface area contributed by atoms with Gasteiger partial charge in [-0.3, -0.25) is 5.32 Å². The van der Waals surface area contributed by atoms with E-state index in [1.54, 1.807) is 20.8 Å². The molecule has 0 saturated heterocycles. The zero-order valence-corrected chi connectivity index (χ0v) is 7.83. The Morgan fingerprint density at radius 1 is 1.38 bits per heavy atom. The Bertz CT molecular complexity index is 227. The molecule has 0 rings (SSSR count). The Morgan fingerprint density at radius 2 is 1.92 bits per heavy atom. The lowest BCUT2D eigenvalue weighted by Crippen LogP contribution is -2.29. The highest BCUT2D eigenvalue weighted by molar-refractivity contribution is 5.80. The zero-order valence-electron chi connectivity index (χ0n) is 7.83. The predicted octanol–water partition coefficient (Wildman–Crippen LogP) is 1.11. The fourth-order valence-electron chi connectivity index (χ4n) is 0.489. The summed E-state index contributed by atoms with van der Waals surface area (Å²) in [6.45, 7) is 5.15. The van der Waals surface area contributed by atoms with Gasteiger partial charge in [0.1, 0.15) is 5.60 Å². The summed E-state index contributed by atoms with van der Waals surface area (Å²) in [4.78, 5) is 20.8. The van der Waals surface area contributed by atoms with Crippen LogP contribution >= 0.6 is 0 Å². The van der Waals surface area contributed by atoms with Gasteiger partial charge in [0.05, 0.1) is 0 Å². The molecule has 5 nitrogen and oxygen atoms in total. The SMILES string of the molecule is CC(C)(C)OC(=O)N/C=C/C(=O)O. The number of carboxylic acid groups (broad SMARTS) is 1. The van der Waals surface area contributed by atoms with E-state index in [1.807, 2.05) is 0 Å². The predicted molar refractivity (Wildman–Crippen MR) is 46.1 cm³/mol. The summed E-state index contributed by atoms with van der Waals surface area (Å²) in [5, 5.41) is 10.3. The maximum absolute atomic E-state index is 10.9. The zero-order chi connectivity index (χ0) is 10.5. The van der Waals surface area contributed by atoms with Crippen LogP contribution in [0.3, 0.4) is 0 Å². The van der Waals surface area contributed by atoms with Gasteiger partial charge in [-0.25, -0.2) is 9.59 Å². The second kappa shape index (κ2) is 4.49. The average molecular weight is 187 g/mol. The number of amides is 1. The molecule has 0 aliphatic carbocycles. The van der Waals surface area contributed by atoms with Crippen molar-refractivity contribution in [1.29, 1.82) is 0 Å². The highest BCUT2D eigenvalue weighted by atomic mass is 16.6. The van der Waals surface area contributed by atoms with Crippen molar-refractivity contribution in [2.24, 2.45) is 0 Å². The fourth-order valence-corrected chi connectivity index (χ4v) is 0.489. The monoisotopic (exact) mass is 187 g/mol. The third kappa shape index (κ3) is 8.39. The van der Waals surface area contributed by atoms with E-state index in [1.165, 1.54) is 0 Å². The molecule has 0 aromatic heterocycles. The van der Waals surface area contributed by atoms with Crippen LogP contribution in [0.5, 0.6) is 0 Å². The Balaban J connectivity index is 3.83. The molecule has 0 radical (unpaired) electrons. The highest BCUT2D eigenvalue weighted by Gasteiger charge is 2.14. The van der Waals surface area contributed by atoms with Crippen molar-refractivity contribution in [2.75, 3.05) is 0 Å². The summed E-state index contributed by atoms with van der Waals surface area (Å²) in [5.74, 6) is -1.13. The Hall–Kier alpha value is -1.52. The molecule has 0 spiro atoms. The molecule has 0 saturated carbocycles. The lowest BCUT2D eigenvalue weighted by molar-refractivity contribution is -0.131. The second-order valence-corrected chi connectivity index (χ2v) is 3.32. The molecule has 0 aromatic carbocycles. The summed E-state index contributed by atoms with van der Waals surface area (Å²) in [5.41, 5.74) is -0.582. The van der Waals surface area contributed by atoms with Crippen molar-refractivity contribution < 1.29 is 19.4 Å². The molecule has 13 heavy (non-hydrogen) atoms. The van der Waals surface area contributed by atoms with Gasteiger partial charge in [-0.1, -0.05) is 0 Å². The number of nitrogens with one attached hydrogen (secondary N) is 1. The van der Waals surface area contributed by atoms with Crippen LogP contribution in [-0.2, 0) is 9.53 Å². The first kappa shape index (κ1) is 11.5. The second-order valence-electron chi connectivity index (χ2n) is 3.32. The molecule has 0 unspecified atom stereocenters. The van der Waals surface area contributed by atoms with Gasteiger partial charge in [0.25, 0.3) is 0 Å². The number of hydrogen-bond donors (Lipinski definition) is 2. The molecule has 0 atom stereocenters. The number of alkyl carbamates (subject to hydrolysis) is 1. The van der Waals surface area contributed by atoms with Crippen LogP contribution in [0, 0.1) is 0 Å². The summed E-state index contributed by atoms with van der Waals surface area (Å²) >= 11 is 0. The van der Waals surface area contributed by atoms with Crippen LogP contribution in [0.25, 0.3) is 0 Å². The van der Waals surface area contributed by atoms with Crippen LogP contribution < -0.4 is 5.32 Å². The largest absolute Gasteiger partial charge is 0.478 e. The van der Waals surface area contributed by atoms with Crippen LogP contribution in [-0.4, -0.2) is 22.8 Å². The van der Waals surface area contributed by atoms with Crippen molar-refractivity contribution in [3.63, 3.8) is 0 Å². The van der Waals surface area contributed by atoms with Gasteiger partial charge < -0.3 is 9.84 Å². The summed E-state index contributed by atoms with van der Waals surface area (Å²) in [7, 11) is 0. The maximum Gasteiger partial charge on any atom is 0.411 e. The molecule has 5 heteroatoms. The Morgan fingerprint density at radius 3 is 2.31 bits per heavy atom. The number of aliphatic carboxylic acids is 1. The first-order valence-corrected chi connectivity index (χ1v) is 3.70. The number of carboxylic acids is 1. The molecule has 0 bridgehead atoms. The lowest BCUT2D eigenvalue weighted by Gasteiger charge is -2.18. The first-order chi connectivity index (χ1) is 5.81. The van der Waals surface area contributed by atoms with E-state index in [0.717, 1.165) is 12.3 Å². The van der Waals surface area contributed by atoms with Crippen LogP contribution in [0.15, 0.2) is 12.3 Å². The molecule has 0 aliphatic rings. The quantitative estimate of drug-likeness (QED) is 0.635. The lowest BCUT2D eigenvalue weighted by atomic mass is 10.2. The van der Waals surface area contributed by atoms with Gasteiger partial charge in [0.15, 0.2) is 0 Å². The number of ether oxygens (including phenoxy) is 1. The van der Waals surface area contributed by atoms with Crippen molar-refractivity contribution in [1.82, 2.24) is 5.32 Å². The number of carbonyl (C=O) groups excluding carboxylic acids is 1. The van der Waals surface area contributed by atoms with Gasteiger partial charge in [-0.2, -0.15) is 0 Å². The van der Waals surface area contributed by atoms with Crippen LogP contribution in [0.4, 0.5) is 4.79 Å². The summed E-state index contributed by atoms with van der Waals surface area (Å²) in [6, 6.07) is 0. The minimum atomic E-state index is -1.13. The van der Waals surface area contributed by atoms with Crippen molar-refractivity contribution in [3.05, 3.63) is 12.3 Å². The number of carbonyl (C=O) groups is 2. The van der Waals surface area contributed by atoms with Gasteiger partial charge in [-0.05, 0) is 20.8 Å². The van der Waals surface area contributed by atoms with E-state index in [4.69, 9.17) is 9.84 Å². The topological polar surface area (TPSA) is 75.6 Å². The third-order valence-electron chi connectivity index (χ3n) is 0.826. The molecule has 0 fully saturated rings. The molecular weight excluding hydrogens is 174 g/mol. The normalized spacial score (nSPS) is 11.3. The Kier molecular flexibility index (Phi) is 3.97. The van der Waals surface area contributed by atoms with Crippen molar-refractivity contribution >= 4 is 12.1 Å². The molecule has 0 aromatic rings. The van der Waals surface area contributed by atoms with Gasteiger partial charge in [0, 0.05) is 12.3 Å². The van der Waals surface area contributed by atoms with E-state index in [0.29, 0.717) is 0 Å². The van der Waals surface area contributed by atoms with Gasteiger partial charge in [-0.15, -0.1) is 0 Å². The number of hydrogen-bond acceptors (Lipinski definition) is 3. The molecule has 2 N–H and O–H groups in total. The third-order valence-corrected chi connectivity index (χ3v) is 0.826. The maximum atomic E-state index is 10.9. The molecule has 0 aliphatic heterocycles. The average Bonchev–Trinajstić information content (AvgIpc) is 1.81. The van der Waals surface area contributed by atoms with E-state index >= 15 is 0 Å². The summed E-state index contributed by atoms with van der Waals surface area (Å²) in [6.07, 6.45) is 1.14. The number of rotatable bonds is 2. The van der Waals surface area contributed by atoms with Crippen molar-refractivity contribution in [2.45, 2.75) is 26.4 Å². The van der Waals surface area contributed by atoms with Crippen molar-refractivity contribution in [3.8, 4) is 0 Å². The molecule has 1 amide bonds. The first-order valence-electron chi connectivity index (χ1n) is 3.70. The minimum absolute atomic E-state index is 0.582. The highest BCUT2D eigenvalue weighted by Crippen LogP contribution is 2.05. The minimum Gasteiger partial charge on any atom is -0.478 e. The molecular formula is C8H13NO4. The van der Waals surface area contributed by atoms with Crippen LogP contribution in [0.1, 0.15) is 20.8 Å². The fraction of sp³-hybridized carbons (Fsp3) is 0.500. The van der Waals surface area contributed by atoms with Crippen LogP contribution in [0.2, 0.25) is 0 Å². The summed E-state index contributed by atoms with van der Waals surface area (Å²) < 4.78 is 4.83. The molecule has 74 valence electrons.